The smallest absolute Gasteiger partial charge is 0.485 e. The molecule has 0 fully saturated rings. The molecule has 10 heteroatoms. The van der Waals surface area contributed by atoms with Crippen LogP contribution in [0.4, 0.5) is 18.9 Å². The molecule has 3 aromatic rings. The third-order valence-electron chi connectivity index (χ3n) is 4.84. The van der Waals surface area contributed by atoms with Crippen LogP contribution in [0, 0.1) is 13.8 Å². The molecular formula is C24H21F3N2O5. The van der Waals surface area contributed by atoms with Gasteiger partial charge in [-0.3, -0.25) is 9.78 Å². The van der Waals surface area contributed by atoms with E-state index in [4.69, 9.17) is 19.4 Å². The first kappa shape index (κ1) is 24.6. The first-order valence-electron chi connectivity index (χ1n) is 10.1. The summed E-state index contributed by atoms with van der Waals surface area (Å²) in [5, 5.41) is 10.1. The van der Waals surface area contributed by atoms with Crippen molar-refractivity contribution in [2.24, 2.45) is 0 Å². The summed E-state index contributed by atoms with van der Waals surface area (Å²) in [6.45, 7) is 4.16. The van der Waals surface area contributed by atoms with Crippen molar-refractivity contribution in [1.82, 2.24) is 4.98 Å². The van der Waals surface area contributed by atoms with E-state index in [9.17, 15) is 18.0 Å². The number of anilines is 1. The number of fused-ring (bicyclic) bond motifs is 1. The quantitative estimate of drug-likeness (QED) is 0.567. The molecule has 178 valence electrons. The van der Waals surface area contributed by atoms with E-state index in [1.165, 1.54) is 0 Å². The van der Waals surface area contributed by atoms with Crippen molar-refractivity contribution in [1.29, 1.82) is 0 Å². The van der Waals surface area contributed by atoms with Crippen molar-refractivity contribution in [3.8, 4) is 22.6 Å². The number of carbonyl (C=O) groups excluding carboxylic acids is 1. The van der Waals surface area contributed by atoms with Crippen molar-refractivity contribution in [2.45, 2.75) is 26.1 Å². The summed E-state index contributed by atoms with van der Waals surface area (Å²) >= 11 is 0. The second-order valence-corrected chi connectivity index (χ2v) is 7.38. The minimum absolute atomic E-state index is 0.191. The van der Waals surface area contributed by atoms with Crippen LogP contribution in [-0.4, -0.2) is 40.9 Å². The van der Waals surface area contributed by atoms with E-state index in [0.717, 1.165) is 27.9 Å². The number of nitrogens with one attached hydrogen (secondary N) is 1. The minimum Gasteiger partial charge on any atom is -0.485 e. The molecule has 1 amide bonds. The Balaban J connectivity index is 0.000000406. The van der Waals surface area contributed by atoms with Gasteiger partial charge in [0, 0.05) is 18.1 Å². The van der Waals surface area contributed by atoms with Gasteiger partial charge in [0.25, 0.3) is 5.91 Å². The van der Waals surface area contributed by atoms with Crippen molar-refractivity contribution >= 4 is 17.6 Å². The van der Waals surface area contributed by atoms with Crippen LogP contribution in [0.1, 0.15) is 11.1 Å². The van der Waals surface area contributed by atoms with Crippen LogP contribution in [0.3, 0.4) is 0 Å². The van der Waals surface area contributed by atoms with Crippen LogP contribution in [-0.2, 0) is 9.59 Å². The summed E-state index contributed by atoms with van der Waals surface area (Å²) in [5.41, 5.74) is 4.98. The Labute approximate surface area is 193 Å². The van der Waals surface area contributed by atoms with Crippen molar-refractivity contribution in [3.05, 3.63) is 72.1 Å². The Hall–Kier alpha value is -4.08. The number of carboxylic acids is 1. The predicted octanol–water partition coefficient (Wildman–Crippen LogP) is 4.78. The maximum absolute atomic E-state index is 12.7. The second kappa shape index (κ2) is 10.2. The van der Waals surface area contributed by atoms with Gasteiger partial charge in [-0.2, -0.15) is 13.2 Å². The number of hydrogen-bond donors (Lipinski definition) is 2. The van der Waals surface area contributed by atoms with E-state index in [1.807, 2.05) is 44.2 Å². The molecule has 1 aliphatic rings. The fraction of sp³-hybridized carbons (Fsp3) is 0.208. The van der Waals surface area contributed by atoms with Gasteiger partial charge < -0.3 is 19.9 Å². The van der Waals surface area contributed by atoms with Crippen LogP contribution in [0.5, 0.6) is 11.5 Å². The molecule has 2 heterocycles. The lowest BCUT2D eigenvalue weighted by atomic mass is 9.99. The van der Waals surface area contributed by atoms with Crippen LogP contribution in [0.25, 0.3) is 11.1 Å². The molecule has 0 saturated carbocycles. The highest BCUT2D eigenvalue weighted by Gasteiger charge is 2.38. The molecule has 0 spiro atoms. The largest absolute Gasteiger partial charge is 0.490 e. The van der Waals surface area contributed by atoms with Gasteiger partial charge in [0.1, 0.15) is 6.61 Å². The number of aliphatic carboxylic acids is 1. The number of amides is 1. The molecule has 1 atom stereocenters. The number of para-hydroxylation sites is 2. The zero-order valence-electron chi connectivity index (χ0n) is 18.2. The normalized spacial score (nSPS) is 14.4. The molecule has 1 unspecified atom stereocenters. The molecule has 1 aromatic heterocycles. The monoisotopic (exact) mass is 474 g/mol. The minimum atomic E-state index is -5.08. The molecule has 34 heavy (non-hydrogen) atoms. The van der Waals surface area contributed by atoms with Crippen molar-refractivity contribution < 1.29 is 37.3 Å². The summed E-state index contributed by atoms with van der Waals surface area (Å²) in [6.07, 6.45) is -2.22. The average molecular weight is 474 g/mol. The SMILES string of the molecule is Cc1cc(-c2ccncc2)cc(C)c1NC(=O)C1COc2ccccc2O1.O=C(O)C(F)(F)F. The van der Waals surface area contributed by atoms with E-state index in [2.05, 4.69) is 22.4 Å². The van der Waals surface area contributed by atoms with E-state index in [-0.39, 0.29) is 12.5 Å². The Morgan fingerprint density at radius 3 is 2.12 bits per heavy atom. The van der Waals surface area contributed by atoms with Gasteiger partial charge in [-0.05, 0) is 72.5 Å². The van der Waals surface area contributed by atoms with E-state index >= 15 is 0 Å². The van der Waals surface area contributed by atoms with Crippen LogP contribution < -0.4 is 14.8 Å². The number of alkyl halides is 3. The number of hydrogen-bond acceptors (Lipinski definition) is 5. The highest BCUT2D eigenvalue weighted by atomic mass is 19.4. The third kappa shape index (κ3) is 6.03. The molecule has 0 bridgehead atoms. The average Bonchev–Trinajstić information content (AvgIpc) is 2.81. The lowest BCUT2D eigenvalue weighted by molar-refractivity contribution is -0.192. The maximum atomic E-state index is 12.7. The number of rotatable bonds is 3. The fourth-order valence-electron chi connectivity index (χ4n) is 3.22. The third-order valence-corrected chi connectivity index (χ3v) is 4.84. The number of aryl methyl sites for hydroxylation is 2. The van der Waals surface area contributed by atoms with Crippen LogP contribution in [0.15, 0.2) is 60.9 Å². The second-order valence-electron chi connectivity index (χ2n) is 7.38. The topological polar surface area (TPSA) is 97.8 Å². The molecule has 7 nitrogen and oxygen atoms in total. The maximum Gasteiger partial charge on any atom is 0.490 e. The van der Waals surface area contributed by atoms with Crippen molar-refractivity contribution in [3.63, 3.8) is 0 Å². The van der Waals surface area contributed by atoms with Gasteiger partial charge in [-0.15, -0.1) is 0 Å². The van der Waals surface area contributed by atoms with E-state index in [0.29, 0.717) is 11.5 Å². The number of pyridine rings is 1. The van der Waals surface area contributed by atoms with E-state index in [1.54, 1.807) is 18.5 Å². The summed E-state index contributed by atoms with van der Waals surface area (Å²) in [7, 11) is 0. The summed E-state index contributed by atoms with van der Waals surface area (Å²) in [4.78, 5) is 25.7. The molecule has 2 N–H and O–H groups in total. The Bertz CT molecular complexity index is 1160. The Morgan fingerprint density at radius 1 is 1.00 bits per heavy atom. The highest BCUT2D eigenvalue weighted by molar-refractivity contribution is 5.96. The van der Waals surface area contributed by atoms with E-state index < -0.39 is 18.2 Å². The molecular weight excluding hydrogens is 453 g/mol. The number of aromatic nitrogens is 1. The van der Waals surface area contributed by atoms with Gasteiger partial charge in [0.05, 0.1) is 0 Å². The first-order chi connectivity index (χ1) is 16.1. The number of benzene rings is 2. The van der Waals surface area contributed by atoms with Gasteiger partial charge >= 0.3 is 12.1 Å². The number of halogens is 3. The molecule has 0 saturated heterocycles. The molecule has 0 aliphatic carbocycles. The van der Waals surface area contributed by atoms with Gasteiger partial charge in [-0.1, -0.05) is 12.1 Å². The summed E-state index contributed by atoms with van der Waals surface area (Å²) in [6, 6.07) is 15.4. The lowest BCUT2D eigenvalue weighted by Crippen LogP contribution is -2.40. The Morgan fingerprint density at radius 2 is 1.56 bits per heavy atom. The van der Waals surface area contributed by atoms with Gasteiger partial charge in [0.15, 0.2) is 11.5 Å². The van der Waals surface area contributed by atoms with Gasteiger partial charge in [0.2, 0.25) is 6.10 Å². The number of ether oxygens (including phenoxy) is 2. The zero-order valence-corrected chi connectivity index (χ0v) is 18.2. The molecule has 4 rings (SSSR count). The van der Waals surface area contributed by atoms with Crippen LogP contribution >= 0.6 is 0 Å². The predicted molar refractivity (Wildman–Crippen MR) is 118 cm³/mol. The van der Waals surface area contributed by atoms with Crippen molar-refractivity contribution in [2.75, 3.05) is 11.9 Å². The van der Waals surface area contributed by atoms with Crippen LogP contribution in [0.2, 0.25) is 0 Å². The number of carboxylic acid groups (broad SMARTS) is 1. The number of carbonyl (C=O) groups is 2. The first-order valence-corrected chi connectivity index (χ1v) is 10.1. The lowest BCUT2D eigenvalue weighted by Gasteiger charge is -2.26. The summed E-state index contributed by atoms with van der Waals surface area (Å²) < 4.78 is 43.2. The summed E-state index contributed by atoms with van der Waals surface area (Å²) in [5.74, 6) is -1.72. The molecule has 0 radical (unpaired) electrons. The fourth-order valence-corrected chi connectivity index (χ4v) is 3.22. The standard InChI is InChI=1S/C22H20N2O3.C2HF3O2/c1-14-11-17(16-7-9-23-10-8-16)12-15(2)21(14)24-22(25)20-13-26-18-5-3-4-6-19(18)27-20;3-2(4,5)1(6)7/h3-12,20H,13H2,1-2H3,(H,24,25);(H,6,7). The van der Waals surface area contributed by atoms with Gasteiger partial charge in [-0.25, -0.2) is 4.79 Å². The molecule has 1 aliphatic heterocycles. The number of nitrogens with zero attached hydrogens (tertiary/aromatic N) is 1. The Kier molecular flexibility index (Phi) is 7.40. The highest BCUT2D eigenvalue weighted by Crippen LogP contribution is 2.32. The molecule has 2 aromatic carbocycles. The zero-order chi connectivity index (χ0) is 24.9.